The number of aromatic nitrogens is 1. The van der Waals surface area contributed by atoms with Crippen LogP contribution in [0.2, 0.25) is 0 Å². The van der Waals surface area contributed by atoms with Gasteiger partial charge in [-0.15, -0.1) is 0 Å². The van der Waals surface area contributed by atoms with Crippen molar-refractivity contribution in [3.05, 3.63) is 69.9 Å². The zero-order chi connectivity index (χ0) is 19.9. The van der Waals surface area contributed by atoms with Gasteiger partial charge < -0.3 is 9.72 Å². The van der Waals surface area contributed by atoms with E-state index in [1.54, 1.807) is 12.1 Å². The molecular formula is C24H27NO3. The molecule has 0 saturated heterocycles. The number of ether oxygens (including phenoxy) is 1. The van der Waals surface area contributed by atoms with Gasteiger partial charge in [0, 0.05) is 10.9 Å². The Balaban J connectivity index is 2.05. The van der Waals surface area contributed by atoms with Crippen LogP contribution < -0.4 is 5.43 Å². The molecule has 3 rings (SSSR count). The smallest absolute Gasteiger partial charge is 0.344 e. The van der Waals surface area contributed by atoms with Crippen molar-refractivity contribution in [3.8, 4) is 11.3 Å². The molecule has 4 nitrogen and oxygen atoms in total. The van der Waals surface area contributed by atoms with E-state index in [0.717, 1.165) is 18.4 Å². The van der Waals surface area contributed by atoms with E-state index in [2.05, 4.69) is 24.0 Å². The van der Waals surface area contributed by atoms with Gasteiger partial charge in [-0.2, -0.15) is 0 Å². The molecule has 0 aliphatic rings. The van der Waals surface area contributed by atoms with Gasteiger partial charge in [-0.3, -0.25) is 4.79 Å². The van der Waals surface area contributed by atoms with Crippen molar-refractivity contribution in [1.82, 2.24) is 4.98 Å². The summed E-state index contributed by atoms with van der Waals surface area (Å²) >= 11 is 0. The minimum atomic E-state index is -0.573. The molecule has 0 unspecified atom stereocenters. The third kappa shape index (κ3) is 4.33. The number of nitrogens with one attached hydrogen (secondary N) is 1. The van der Waals surface area contributed by atoms with Crippen LogP contribution in [0.15, 0.2) is 53.3 Å². The predicted octanol–water partition coefficient (Wildman–Crippen LogP) is 5.49. The van der Waals surface area contributed by atoms with Gasteiger partial charge in [0.1, 0.15) is 5.56 Å². The summed E-state index contributed by atoms with van der Waals surface area (Å²) < 4.78 is 5.30. The van der Waals surface area contributed by atoms with Crippen LogP contribution in [0.5, 0.6) is 0 Å². The van der Waals surface area contributed by atoms with Gasteiger partial charge in [0.15, 0.2) is 0 Å². The molecule has 146 valence electrons. The summed E-state index contributed by atoms with van der Waals surface area (Å²) in [6.07, 6.45) is 5.32. The third-order valence-electron chi connectivity index (χ3n) is 4.86. The van der Waals surface area contributed by atoms with Crippen LogP contribution in [-0.4, -0.2) is 17.6 Å². The van der Waals surface area contributed by atoms with Gasteiger partial charge in [-0.05, 0) is 42.5 Å². The van der Waals surface area contributed by atoms with Crippen molar-refractivity contribution >= 4 is 16.9 Å². The van der Waals surface area contributed by atoms with Crippen LogP contribution in [0.1, 0.15) is 55.5 Å². The van der Waals surface area contributed by atoms with Crippen molar-refractivity contribution in [2.45, 2.75) is 46.0 Å². The number of benzene rings is 2. The van der Waals surface area contributed by atoms with Crippen molar-refractivity contribution in [2.75, 3.05) is 6.61 Å². The number of pyridine rings is 1. The standard InChI is InChI=1S/C24H27NO3/c1-3-5-6-9-17-12-14-18(15-13-17)22-21(24(27)28-16-4-2)23(26)19-10-7-8-11-20(19)25-22/h7-8,10-15H,3-6,9,16H2,1-2H3,(H,25,26). The maximum Gasteiger partial charge on any atom is 0.344 e. The zero-order valence-corrected chi connectivity index (χ0v) is 16.6. The number of esters is 1. The normalized spacial score (nSPS) is 10.9. The molecule has 0 saturated carbocycles. The first kappa shape index (κ1) is 19.9. The van der Waals surface area contributed by atoms with E-state index in [1.165, 1.54) is 18.4 Å². The largest absolute Gasteiger partial charge is 0.462 e. The van der Waals surface area contributed by atoms with Crippen molar-refractivity contribution in [1.29, 1.82) is 0 Å². The van der Waals surface area contributed by atoms with Gasteiger partial charge in [0.25, 0.3) is 0 Å². The summed E-state index contributed by atoms with van der Waals surface area (Å²) in [6.45, 7) is 4.41. The number of hydrogen-bond acceptors (Lipinski definition) is 3. The van der Waals surface area contributed by atoms with E-state index in [9.17, 15) is 9.59 Å². The molecule has 1 heterocycles. The molecule has 0 fully saturated rings. The van der Waals surface area contributed by atoms with Crippen LogP contribution in [0.3, 0.4) is 0 Å². The number of aromatic amines is 1. The highest BCUT2D eigenvalue weighted by molar-refractivity contribution is 6.00. The number of carbonyl (C=O) groups excluding carboxylic acids is 1. The Morgan fingerprint density at radius 1 is 0.964 bits per heavy atom. The van der Waals surface area contributed by atoms with E-state index in [0.29, 0.717) is 29.6 Å². The third-order valence-corrected chi connectivity index (χ3v) is 4.86. The van der Waals surface area contributed by atoms with E-state index < -0.39 is 5.97 Å². The van der Waals surface area contributed by atoms with Gasteiger partial charge in [0.05, 0.1) is 12.3 Å². The first-order chi connectivity index (χ1) is 13.7. The molecule has 0 bridgehead atoms. The Morgan fingerprint density at radius 3 is 2.43 bits per heavy atom. The lowest BCUT2D eigenvalue weighted by Crippen LogP contribution is -2.20. The van der Waals surface area contributed by atoms with Crippen LogP contribution in [-0.2, 0) is 11.2 Å². The highest BCUT2D eigenvalue weighted by Crippen LogP contribution is 2.24. The van der Waals surface area contributed by atoms with E-state index in [-0.39, 0.29) is 11.0 Å². The van der Waals surface area contributed by atoms with Gasteiger partial charge in [0.2, 0.25) is 5.43 Å². The Kier molecular flexibility index (Phi) is 6.64. The Bertz CT molecular complexity index is 1000. The monoisotopic (exact) mass is 377 g/mol. The number of aryl methyl sites for hydroxylation is 1. The number of fused-ring (bicyclic) bond motifs is 1. The topological polar surface area (TPSA) is 59.2 Å². The summed E-state index contributed by atoms with van der Waals surface area (Å²) in [5.41, 5.74) is 3.08. The maximum absolute atomic E-state index is 13.0. The molecule has 0 aliphatic heterocycles. The molecule has 3 aromatic rings. The van der Waals surface area contributed by atoms with Gasteiger partial charge >= 0.3 is 5.97 Å². The second-order valence-electron chi connectivity index (χ2n) is 7.04. The quantitative estimate of drug-likeness (QED) is 0.417. The number of rotatable bonds is 8. The van der Waals surface area contributed by atoms with Crippen LogP contribution in [0, 0.1) is 0 Å². The van der Waals surface area contributed by atoms with Gasteiger partial charge in [-0.25, -0.2) is 4.79 Å². The van der Waals surface area contributed by atoms with E-state index in [1.807, 2.05) is 31.2 Å². The van der Waals surface area contributed by atoms with Crippen molar-refractivity contribution in [2.24, 2.45) is 0 Å². The first-order valence-electron chi connectivity index (χ1n) is 10.1. The average Bonchev–Trinajstić information content (AvgIpc) is 2.72. The molecule has 1 N–H and O–H groups in total. The number of H-pyrrole nitrogens is 1. The SMILES string of the molecule is CCCCCc1ccc(-c2[nH]c3ccccc3c(=O)c2C(=O)OCCC)cc1. The molecule has 0 amide bonds. The number of carbonyl (C=O) groups is 1. The first-order valence-corrected chi connectivity index (χ1v) is 10.1. The lowest BCUT2D eigenvalue weighted by atomic mass is 10.00. The van der Waals surface area contributed by atoms with Gasteiger partial charge in [-0.1, -0.05) is 63.1 Å². The summed E-state index contributed by atoms with van der Waals surface area (Å²) in [6, 6.07) is 15.3. The fraction of sp³-hybridized carbons (Fsp3) is 0.333. The molecule has 1 aromatic heterocycles. The molecule has 0 spiro atoms. The fourth-order valence-corrected chi connectivity index (χ4v) is 3.33. The molecule has 0 atom stereocenters. The summed E-state index contributed by atoms with van der Waals surface area (Å²) in [4.78, 5) is 29.0. The second kappa shape index (κ2) is 9.36. The fourth-order valence-electron chi connectivity index (χ4n) is 3.33. The van der Waals surface area contributed by atoms with Crippen LogP contribution in [0.25, 0.3) is 22.2 Å². The predicted molar refractivity (Wildman–Crippen MR) is 114 cm³/mol. The van der Waals surface area contributed by atoms with E-state index in [4.69, 9.17) is 4.74 Å². The minimum Gasteiger partial charge on any atom is -0.462 e. The summed E-state index contributed by atoms with van der Waals surface area (Å²) in [5, 5.41) is 0.492. The zero-order valence-electron chi connectivity index (χ0n) is 16.6. The molecule has 0 radical (unpaired) electrons. The summed E-state index contributed by atoms with van der Waals surface area (Å²) in [7, 11) is 0. The van der Waals surface area contributed by atoms with Crippen molar-refractivity contribution < 1.29 is 9.53 Å². The molecule has 4 heteroatoms. The highest BCUT2D eigenvalue weighted by atomic mass is 16.5. The minimum absolute atomic E-state index is 0.0749. The molecule has 28 heavy (non-hydrogen) atoms. The number of hydrogen-bond donors (Lipinski definition) is 1. The number of unbranched alkanes of at least 4 members (excludes halogenated alkanes) is 2. The Labute approximate surface area is 165 Å². The Morgan fingerprint density at radius 2 is 1.71 bits per heavy atom. The maximum atomic E-state index is 13.0. The lowest BCUT2D eigenvalue weighted by Gasteiger charge is -2.12. The molecule has 2 aromatic carbocycles. The average molecular weight is 377 g/mol. The Hall–Kier alpha value is -2.88. The summed E-state index contributed by atoms with van der Waals surface area (Å²) in [5.74, 6) is -0.573. The lowest BCUT2D eigenvalue weighted by molar-refractivity contribution is 0.0504. The van der Waals surface area contributed by atoms with Crippen LogP contribution >= 0.6 is 0 Å². The molecule has 0 aliphatic carbocycles. The van der Waals surface area contributed by atoms with Crippen molar-refractivity contribution in [3.63, 3.8) is 0 Å². The van der Waals surface area contributed by atoms with Crippen LogP contribution in [0.4, 0.5) is 0 Å². The number of para-hydroxylation sites is 1. The second-order valence-corrected chi connectivity index (χ2v) is 7.04. The molecular weight excluding hydrogens is 350 g/mol. The van der Waals surface area contributed by atoms with E-state index >= 15 is 0 Å². The highest BCUT2D eigenvalue weighted by Gasteiger charge is 2.21.